The van der Waals surface area contributed by atoms with Crippen LogP contribution in [0.1, 0.15) is 19.4 Å². The van der Waals surface area contributed by atoms with Gasteiger partial charge in [0.1, 0.15) is 0 Å². The molecule has 86 valence electrons. The average molecular weight is 219 g/mol. The molecule has 0 fully saturated rings. The topological polar surface area (TPSA) is 38.3 Å². The quantitative estimate of drug-likeness (QED) is 0.609. The van der Waals surface area contributed by atoms with Crippen LogP contribution in [0.5, 0.6) is 0 Å². The fourth-order valence-corrected chi connectivity index (χ4v) is 1.25. The number of carbonyl (C=O) groups excluding carboxylic acids is 1. The molecule has 0 saturated carbocycles. The van der Waals surface area contributed by atoms with Crippen LogP contribution in [-0.2, 0) is 16.1 Å². The Hall–Kier alpha value is -1.77. The van der Waals surface area contributed by atoms with E-state index in [1.165, 1.54) is 11.6 Å². The molecule has 0 spiro atoms. The van der Waals surface area contributed by atoms with Crippen molar-refractivity contribution in [1.29, 1.82) is 0 Å². The number of esters is 1. The van der Waals surface area contributed by atoms with Gasteiger partial charge < -0.3 is 10.1 Å². The lowest BCUT2D eigenvalue weighted by Gasteiger charge is -2.06. The van der Waals surface area contributed by atoms with Gasteiger partial charge in [0.2, 0.25) is 0 Å². The molecule has 0 aliphatic carbocycles. The maximum absolute atomic E-state index is 11.1. The molecule has 0 saturated heterocycles. The van der Waals surface area contributed by atoms with Crippen molar-refractivity contribution >= 4 is 5.97 Å². The standard InChI is InChI=1S/C13H17NO2/c1-3-16-13(15)9-11(2)14-10-12-7-5-4-6-8-12/h4-9,14H,3,10H2,1-2H3/b11-9-. The molecule has 0 amide bonds. The van der Waals surface area contributed by atoms with Crippen LogP contribution in [0.25, 0.3) is 0 Å². The lowest BCUT2D eigenvalue weighted by molar-refractivity contribution is -0.137. The first-order chi connectivity index (χ1) is 7.72. The minimum absolute atomic E-state index is 0.305. The number of benzene rings is 1. The van der Waals surface area contributed by atoms with E-state index in [-0.39, 0.29) is 5.97 Å². The minimum atomic E-state index is -0.305. The summed E-state index contributed by atoms with van der Waals surface area (Å²) < 4.78 is 4.81. The van der Waals surface area contributed by atoms with Gasteiger partial charge in [-0.05, 0) is 19.4 Å². The Bertz CT molecular complexity index is 357. The van der Waals surface area contributed by atoms with Crippen molar-refractivity contribution in [3.8, 4) is 0 Å². The van der Waals surface area contributed by atoms with Gasteiger partial charge >= 0.3 is 5.97 Å². The highest BCUT2D eigenvalue weighted by molar-refractivity contribution is 5.82. The van der Waals surface area contributed by atoms with Crippen molar-refractivity contribution in [1.82, 2.24) is 5.32 Å². The molecule has 0 aromatic heterocycles. The van der Waals surface area contributed by atoms with E-state index in [9.17, 15) is 4.79 Å². The second-order valence-corrected chi connectivity index (χ2v) is 3.42. The van der Waals surface area contributed by atoms with E-state index in [1.54, 1.807) is 6.92 Å². The number of hydrogen-bond acceptors (Lipinski definition) is 3. The highest BCUT2D eigenvalue weighted by Crippen LogP contribution is 1.99. The average Bonchev–Trinajstić information content (AvgIpc) is 2.28. The van der Waals surface area contributed by atoms with Crippen LogP contribution in [0.15, 0.2) is 42.1 Å². The van der Waals surface area contributed by atoms with Gasteiger partial charge in [-0.25, -0.2) is 4.79 Å². The number of carbonyl (C=O) groups is 1. The molecule has 3 nitrogen and oxygen atoms in total. The lowest BCUT2D eigenvalue weighted by Crippen LogP contribution is -2.12. The number of nitrogens with one attached hydrogen (secondary N) is 1. The molecule has 0 bridgehead atoms. The SMILES string of the molecule is CCOC(=O)/C=C(/C)NCc1ccccc1. The summed E-state index contributed by atoms with van der Waals surface area (Å²) in [7, 11) is 0. The van der Waals surface area contributed by atoms with Crippen molar-refractivity contribution in [3.63, 3.8) is 0 Å². The molecule has 0 atom stereocenters. The van der Waals surface area contributed by atoms with E-state index in [0.29, 0.717) is 13.2 Å². The van der Waals surface area contributed by atoms with Gasteiger partial charge in [-0.1, -0.05) is 30.3 Å². The Labute approximate surface area is 96.1 Å². The summed E-state index contributed by atoms with van der Waals surface area (Å²) in [6, 6.07) is 10.0. The van der Waals surface area contributed by atoms with Crippen LogP contribution < -0.4 is 5.32 Å². The second-order valence-electron chi connectivity index (χ2n) is 3.42. The third-order valence-electron chi connectivity index (χ3n) is 2.04. The first-order valence-electron chi connectivity index (χ1n) is 5.35. The summed E-state index contributed by atoms with van der Waals surface area (Å²) in [5.41, 5.74) is 1.99. The molecule has 0 unspecified atom stereocenters. The first-order valence-corrected chi connectivity index (χ1v) is 5.35. The van der Waals surface area contributed by atoms with Crippen molar-refractivity contribution in [2.75, 3.05) is 6.61 Å². The van der Waals surface area contributed by atoms with Crippen LogP contribution in [0.4, 0.5) is 0 Å². The summed E-state index contributed by atoms with van der Waals surface area (Å²) in [5, 5.41) is 3.15. The molecule has 1 aromatic rings. The molecule has 0 radical (unpaired) electrons. The molecule has 3 heteroatoms. The van der Waals surface area contributed by atoms with Gasteiger partial charge in [-0.15, -0.1) is 0 Å². The van der Waals surface area contributed by atoms with Crippen LogP contribution >= 0.6 is 0 Å². The van der Waals surface area contributed by atoms with Crippen LogP contribution in [0.3, 0.4) is 0 Å². The molecule has 16 heavy (non-hydrogen) atoms. The predicted molar refractivity (Wildman–Crippen MR) is 63.7 cm³/mol. The molecule has 0 aliphatic rings. The number of allylic oxidation sites excluding steroid dienone is 1. The molecule has 1 aromatic carbocycles. The number of rotatable bonds is 5. The fourth-order valence-electron chi connectivity index (χ4n) is 1.25. The van der Waals surface area contributed by atoms with Gasteiger partial charge in [0.15, 0.2) is 0 Å². The zero-order chi connectivity index (χ0) is 11.8. The lowest BCUT2D eigenvalue weighted by atomic mass is 10.2. The van der Waals surface area contributed by atoms with Crippen LogP contribution in [0.2, 0.25) is 0 Å². The van der Waals surface area contributed by atoms with E-state index in [1.807, 2.05) is 37.3 Å². The Morgan fingerprint density at radius 1 is 1.38 bits per heavy atom. The van der Waals surface area contributed by atoms with Crippen LogP contribution in [-0.4, -0.2) is 12.6 Å². The first kappa shape index (κ1) is 12.3. The van der Waals surface area contributed by atoms with E-state index in [2.05, 4.69) is 5.32 Å². The van der Waals surface area contributed by atoms with Gasteiger partial charge in [-0.2, -0.15) is 0 Å². The van der Waals surface area contributed by atoms with Gasteiger partial charge in [0, 0.05) is 18.3 Å². The third kappa shape index (κ3) is 4.64. The van der Waals surface area contributed by atoms with E-state index in [0.717, 1.165) is 5.70 Å². The van der Waals surface area contributed by atoms with Crippen LogP contribution in [0, 0.1) is 0 Å². The summed E-state index contributed by atoms with van der Waals surface area (Å²) in [4.78, 5) is 11.1. The van der Waals surface area contributed by atoms with E-state index >= 15 is 0 Å². The summed E-state index contributed by atoms with van der Waals surface area (Å²) in [6.07, 6.45) is 1.46. The second kappa shape index (κ2) is 6.67. The van der Waals surface area contributed by atoms with Gasteiger partial charge in [-0.3, -0.25) is 0 Å². The monoisotopic (exact) mass is 219 g/mol. The maximum Gasteiger partial charge on any atom is 0.332 e. The summed E-state index contributed by atoms with van der Waals surface area (Å²) in [6.45, 7) is 4.75. The van der Waals surface area contributed by atoms with Gasteiger partial charge in [0.25, 0.3) is 0 Å². The molecular weight excluding hydrogens is 202 g/mol. The van der Waals surface area contributed by atoms with Crippen molar-refractivity contribution < 1.29 is 9.53 Å². The Morgan fingerprint density at radius 2 is 2.06 bits per heavy atom. The normalized spacial score (nSPS) is 11.0. The third-order valence-corrected chi connectivity index (χ3v) is 2.04. The molecule has 1 N–H and O–H groups in total. The smallest absolute Gasteiger partial charge is 0.332 e. The fraction of sp³-hybridized carbons (Fsp3) is 0.308. The van der Waals surface area contributed by atoms with Crippen molar-refractivity contribution in [2.24, 2.45) is 0 Å². The molecular formula is C13H17NO2. The Balaban J connectivity index is 2.40. The van der Waals surface area contributed by atoms with Crippen molar-refractivity contribution in [3.05, 3.63) is 47.7 Å². The highest BCUT2D eigenvalue weighted by Gasteiger charge is 1.97. The molecule has 0 heterocycles. The van der Waals surface area contributed by atoms with Crippen molar-refractivity contribution in [2.45, 2.75) is 20.4 Å². The summed E-state index contributed by atoms with van der Waals surface area (Å²) >= 11 is 0. The predicted octanol–water partition coefficient (Wildman–Crippen LogP) is 2.24. The molecule has 1 rings (SSSR count). The number of ether oxygens (including phenoxy) is 1. The largest absolute Gasteiger partial charge is 0.463 e. The van der Waals surface area contributed by atoms with Gasteiger partial charge in [0.05, 0.1) is 6.61 Å². The number of hydrogen-bond donors (Lipinski definition) is 1. The molecule has 0 aliphatic heterocycles. The Morgan fingerprint density at radius 3 is 2.69 bits per heavy atom. The highest BCUT2D eigenvalue weighted by atomic mass is 16.5. The summed E-state index contributed by atoms with van der Waals surface area (Å²) in [5.74, 6) is -0.305. The minimum Gasteiger partial charge on any atom is -0.463 e. The van der Waals surface area contributed by atoms with E-state index in [4.69, 9.17) is 4.74 Å². The zero-order valence-electron chi connectivity index (χ0n) is 9.69. The zero-order valence-corrected chi connectivity index (χ0v) is 9.69. The Kier molecular flexibility index (Phi) is 5.12. The van der Waals surface area contributed by atoms with E-state index < -0.39 is 0 Å². The maximum atomic E-state index is 11.1.